The SMILES string of the molecule is CC#Cc1cncc(N)c1-c1cc(Cl)c(C(=O)Nc2cnc(-n3nccn3)c(Cl)c2)cc1F.O=CO. The summed E-state index contributed by atoms with van der Waals surface area (Å²) < 4.78 is 15.1. The van der Waals surface area contributed by atoms with Gasteiger partial charge in [-0.15, -0.1) is 10.7 Å². The van der Waals surface area contributed by atoms with E-state index in [2.05, 4.69) is 37.3 Å². The van der Waals surface area contributed by atoms with Crippen LogP contribution in [0.5, 0.6) is 0 Å². The number of hydrogen-bond donors (Lipinski definition) is 3. The fraction of sp³-hybridized carbons (Fsp3) is 0.0435. The number of carbonyl (C=O) groups excluding carboxylic acids is 1. The molecular formula is C23H16Cl2FN7O3. The Balaban J connectivity index is 0.00000115. The van der Waals surface area contributed by atoms with E-state index in [1.54, 1.807) is 6.92 Å². The average Bonchev–Trinajstić information content (AvgIpc) is 3.36. The third-order valence-electron chi connectivity index (χ3n) is 4.49. The zero-order chi connectivity index (χ0) is 26.2. The lowest BCUT2D eigenvalue weighted by Gasteiger charge is -2.13. The smallest absolute Gasteiger partial charge is 0.290 e. The summed E-state index contributed by atoms with van der Waals surface area (Å²) in [4.78, 5) is 30.5. The van der Waals surface area contributed by atoms with Gasteiger partial charge in [-0.1, -0.05) is 29.1 Å². The molecule has 0 aliphatic carbocycles. The van der Waals surface area contributed by atoms with Gasteiger partial charge in [0.15, 0.2) is 5.82 Å². The number of nitrogens with two attached hydrogens (primary N) is 1. The van der Waals surface area contributed by atoms with Crippen LogP contribution >= 0.6 is 23.2 Å². The lowest BCUT2D eigenvalue weighted by molar-refractivity contribution is -0.122. The molecule has 1 aromatic carbocycles. The number of carbonyl (C=O) groups is 2. The van der Waals surface area contributed by atoms with E-state index in [4.69, 9.17) is 38.8 Å². The third-order valence-corrected chi connectivity index (χ3v) is 5.08. The molecule has 0 saturated heterocycles. The van der Waals surface area contributed by atoms with E-state index < -0.39 is 11.7 Å². The van der Waals surface area contributed by atoms with Crippen LogP contribution in [0.2, 0.25) is 10.0 Å². The van der Waals surface area contributed by atoms with Gasteiger partial charge >= 0.3 is 0 Å². The molecule has 0 bridgehead atoms. The summed E-state index contributed by atoms with van der Waals surface area (Å²) in [7, 11) is 0. The van der Waals surface area contributed by atoms with Crippen molar-refractivity contribution >= 4 is 47.0 Å². The minimum Gasteiger partial charge on any atom is -0.483 e. The number of aromatic nitrogens is 5. The molecule has 0 aliphatic rings. The van der Waals surface area contributed by atoms with Crippen LogP contribution in [0, 0.1) is 17.7 Å². The maximum Gasteiger partial charge on any atom is 0.290 e. The monoisotopic (exact) mass is 527 g/mol. The highest BCUT2D eigenvalue weighted by atomic mass is 35.5. The molecular weight excluding hydrogens is 512 g/mol. The molecule has 4 rings (SSSR count). The number of nitrogens with zero attached hydrogens (tertiary/aromatic N) is 5. The molecule has 10 nitrogen and oxygen atoms in total. The lowest BCUT2D eigenvalue weighted by atomic mass is 9.98. The van der Waals surface area contributed by atoms with E-state index in [1.165, 1.54) is 47.9 Å². The molecule has 3 heterocycles. The first-order chi connectivity index (χ1) is 17.3. The van der Waals surface area contributed by atoms with Gasteiger partial charge in [0.1, 0.15) is 5.82 Å². The molecule has 0 radical (unpaired) electrons. The Labute approximate surface area is 213 Å². The molecule has 13 heteroatoms. The van der Waals surface area contributed by atoms with Gasteiger partial charge in [-0.05, 0) is 25.1 Å². The molecule has 1 amide bonds. The van der Waals surface area contributed by atoms with E-state index in [0.29, 0.717) is 11.1 Å². The number of pyridine rings is 2. The van der Waals surface area contributed by atoms with Crippen LogP contribution < -0.4 is 11.1 Å². The van der Waals surface area contributed by atoms with Crippen LogP contribution in [0.25, 0.3) is 16.9 Å². The van der Waals surface area contributed by atoms with Gasteiger partial charge in [-0.3, -0.25) is 14.6 Å². The van der Waals surface area contributed by atoms with E-state index in [0.717, 1.165) is 6.07 Å². The molecule has 0 unspecified atom stereocenters. The number of amides is 1. The molecule has 0 aliphatic heterocycles. The maximum absolute atomic E-state index is 15.1. The summed E-state index contributed by atoms with van der Waals surface area (Å²) in [5.41, 5.74) is 7.34. The predicted octanol–water partition coefficient (Wildman–Crippen LogP) is 4.08. The van der Waals surface area contributed by atoms with Crippen molar-refractivity contribution in [3.8, 4) is 28.8 Å². The number of halogens is 3. The average molecular weight is 528 g/mol. The molecule has 36 heavy (non-hydrogen) atoms. The van der Waals surface area contributed by atoms with E-state index in [9.17, 15) is 4.79 Å². The van der Waals surface area contributed by atoms with Gasteiger partial charge in [0, 0.05) is 17.3 Å². The van der Waals surface area contributed by atoms with Crippen molar-refractivity contribution < 1.29 is 19.1 Å². The molecule has 0 saturated carbocycles. The quantitative estimate of drug-likeness (QED) is 0.265. The van der Waals surface area contributed by atoms with Gasteiger partial charge in [0.25, 0.3) is 12.4 Å². The Kier molecular flexibility index (Phi) is 8.51. The standard InChI is InChI=1S/C22H14Cl2FN7O.CH2O2/c1-2-3-12-9-27-11-19(26)20(12)15-7-16(23)14(8-18(15)25)22(33)31-13-6-17(24)21(28-10-13)32-29-4-5-30-32;2-1-3/h4-11H,26H2,1H3,(H,31,33);1H,(H,2,3). The number of nitrogens with one attached hydrogen (secondary N) is 1. The largest absolute Gasteiger partial charge is 0.483 e. The summed E-state index contributed by atoms with van der Waals surface area (Å²) >= 11 is 12.6. The first-order valence-corrected chi connectivity index (χ1v) is 10.6. The maximum atomic E-state index is 15.1. The van der Waals surface area contributed by atoms with Gasteiger partial charge in [-0.25, -0.2) is 9.37 Å². The van der Waals surface area contributed by atoms with Crippen molar-refractivity contribution in [2.45, 2.75) is 6.92 Å². The Bertz CT molecular complexity index is 1490. The van der Waals surface area contributed by atoms with Crippen molar-refractivity contribution in [1.29, 1.82) is 0 Å². The van der Waals surface area contributed by atoms with Crippen LogP contribution in [-0.2, 0) is 4.79 Å². The number of rotatable bonds is 4. The molecule has 0 fully saturated rings. The molecule has 0 spiro atoms. The highest BCUT2D eigenvalue weighted by Crippen LogP contribution is 2.34. The minimum absolute atomic E-state index is 0.0203. The highest BCUT2D eigenvalue weighted by Gasteiger charge is 2.20. The highest BCUT2D eigenvalue weighted by molar-refractivity contribution is 6.35. The van der Waals surface area contributed by atoms with Crippen LogP contribution in [0.4, 0.5) is 15.8 Å². The number of carboxylic acid groups (broad SMARTS) is 1. The Morgan fingerprint density at radius 3 is 2.50 bits per heavy atom. The fourth-order valence-corrected chi connectivity index (χ4v) is 3.58. The van der Waals surface area contributed by atoms with E-state index >= 15 is 4.39 Å². The Morgan fingerprint density at radius 2 is 1.86 bits per heavy atom. The number of hydrogen-bond acceptors (Lipinski definition) is 7. The molecule has 3 aromatic heterocycles. The van der Waals surface area contributed by atoms with Crippen molar-refractivity contribution in [1.82, 2.24) is 25.0 Å². The van der Waals surface area contributed by atoms with Crippen molar-refractivity contribution in [2.24, 2.45) is 0 Å². The zero-order valence-electron chi connectivity index (χ0n) is 18.4. The van der Waals surface area contributed by atoms with E-state index in [1.807, 2.05) is 0 Å². The second kappa shape index (κ2) is 11.7. The summed E-state index contributed by atoms with van der Waals surface area (Å²) in [6.07, 6.45) is 7.20. The zero-order valence-corrected chi connectivity index (χ0v) is 19.9. The predicted molar refractivity (Wildman–Crippen MR) is 132 cm³/mol. The number of anilines is 2. The summed E-state index contributed by atoms with van der Waals surface area (Å²) in [5.74, 6) is 4.52. The second-order valence-corrected chi connectivity index (χ2v) is 7.56. The molecule has 182 valence electrons. The molecule has 4 N–H and O–H groups in total. The Morgan fingerprint density at radius 1 is 1.17 bits per heavy atom. The van der Waals surface area contributed by atoms with Crippen molar-refractivity contribution in [2.75, 3.05) is 11.1 Å². The first kappa shape index (κ1) is 26.1. The normalized spacial score (nSPS) is 9.89. The first-order valence-electron chi connectivity index (χ1n) is 9.87. The van der Waals surface area contributed by atoms with Crippen LogP contribution in [0.1, 0.15) is 22.8 Å². The second-order valence-electron chi connectivity index (χ2n) is 6.75. The summed E-state index contributed by atoms with van der Waals surface area (Å²) in [6.45, 7) is 1.39. The number of nitrogen functional groups attached to an aromatic ring is 1. The van der Waals surface area contributed by atoms with Gasteiger partial charge < -0.3 is 16.2 Å². The van der Waals surface area contributed by atoms with Crippen molar-refractivity contribution in [3.63, 3.8) is 0 Å². The Hall–Kier alpha value is -4.53. The topological polar surface area (TPSA) is 149 Å². The van der Waals surface area contributed by atoms with Crippen molar-refractivity contribution in [3.05, 3.63) is 76.2 Å². The lowest BCUT2D eigenvalue weighted by Crippen LogP contribution is -2.14. The van der Waals surface area contributed by atoms with Gasteiger partial charge in [-0.2, -0.15) is 10.2 Å². The third kappa shape index (κ3) is 5.75. The van der Waals surface area contributed by atoms with Crippen LogP contribution in [0.3, 0.4) is 0 Å². The number of benzene rings is 1. The fourth-order valence-electron chi connectivity index (χ4n) is 3.09. The molecule has 4 aromatic rings. The summed E-state index contributed by atoms with van der Waals surface area (Å²) in [5, 5.41) is 17.6. The van der Waals surface area contributed by atoms with Gasteiger partial charge in [0.2, 0.25) is 0 Å². The van der Waals surface area contributed by atoms with Gasteiger partial charge in [0.05, 0.1) is 57.3 Å². The van der Waals surface area contributed by atoms with Crippen LogP contribution in [-0.4, -0.2) is 42.4 Å². The summed E-state index contributed by atoms with van der Waals surface area (Å²) in [6, 6.07) is 3.83. The van der Waals surface area contributed by atoms with Crippen LogP contribution in [0.15, 0.2) is 49.2 Å². The van der Waals surface area contributed by atoms with E-state index in [-0.39, 0.29) is 44.8 Å². The molecule has 0 atom stereocenters. The minimum atomic E-state index is -0.696.